The van der Waals surface area contributed by atoms with Gasteiger partial charge in [-0.15, -0.1) is 0 Å². The lowest BCUT2D eigenvalue weighted by Crippen LogP contribution is -2.18. The molecule has 1 amide bonds. The van der Waals surface area contributed by atoms with Gasteiger partial charge in [-0.3, -0.25) is 24.3 Å². The topological polar surface area (TPSA) is 108 Å². The zero-order valence-electron chi connectivity index (χ0n) is 14.0. The van der Waals surface area contributed by atoms with Gasteiger partial charge < -0.3 is 5.32 Å². The quantitative estimate of drug-likeness (QED) is 0.556. The number of aryl methyl sites for hydroxylation is 2. The van der Waals surface area contributed by atoms with Crippen molar-refractivity contribution >= 4 is 17.4 Å². The van der Waals surface area contributed by atoms with E-state index in [2.05, 4.69) is 15.5 Å². The van der Waals surface area contributed by atoms with Crippen molar-refractivity contribution in [2.45, 2.75) is 13.5 Å². The third-order valence-corrected chi connectivity index (χ3v) is 3.70. The number of hydrogen-bond donors (Lipinski definition) is 1. The average Bonchev–Trinajstić information content (AvgIpc) is 3.10. The maximum absolute atomic E-state index is 13.2. The van der Waals surface area contributed by atoms with Crippen molar-refractivity contribution in [1.82, 2.24) is 19.6 Å². The summed E-state index contributed by atoms with van der Waals surface area (Å²) in [6, 6.07) is 7.64. The van der Waals surface area contributed by atoms with E-state index in [1.165, 1.54) is 30.8 Å². The van der Waals surface area contributed by atoms with Gasteiger partial charge in [0.05, 0.1) is 11.5 Å². The first-order chi connectivity index (χ1) is 12.3. The Kier molecular flexibility index (Phi) is 4.48. The Morgan fingerprint density at radius 3 is 2.81 bits per heavy atom. The first-order valence-electron chi connectivity index (χ1n) is 7.62. The van der Waals surface area contributed by atoms with Gasteiger partial charge in [0, 0.05) is 19.3 Å². The molecule has 0 aliphatic heterocycles. The van der Waals surface area contributed by atoms with Crippen LogP contribution in [0, 0.1) is 22.9 Å². The molecule has 10 heteroatoms. The fraction of sp³-hybridized carbons (Fsp3) is 0.188. The Bertz CT molecular complexity index is 994. The van der Waals surface area contributed by atoms with Crippen molar-refractivity contribution in [3.8, 4) is 0 Å². The van der Waals surface area contributed by atoms with Crippen LogP contribution in [0.25, 0.3) is 0 Å². The van der Waals surface area contributed by atoms with Crippen LogP contribution in [0.1, 0.15) is 21.7 Å². The van der Waals surface area contributed by atoms with E-state index < -0.39 is 10.8 Å². The lowest BCUT2D eigenvalue weighted by atomic mass is 10.2. The summed E-state index contributed by atoms with van der Waals surface area (Å²) in [6.45, 7) is 1.78. The van der Waals surface area contributed by atoms with E-state index in [9.17, 15) is 19.3 Å². The summed E-state index contributed by atoms with van der Waals surface area (Å²) >= 11 is 0. The minimum absolute atomic E-state index is 0.152. The van der Waals surface area contributed by atoms with Crippen LogP contribution in [0.4, 0.5) is 15.9 Å². The Balaban J connectivity index is 1.77. The summed E-state index contributed by atoms with van der Waals surface area (Å²) in [5.74, 6) is -0.808. The molecule has 9 nitrogen and oxygen atoms in total. The number of nitrogens with zero attached hydrogens (tertiary/aromatic N) is 5. The number of amides is 1. The van der Waals surface area contributed by atoms with E-state index in [1.54, 1.807) is 24.4 Å². The number of halogens is 1. The SMILES string of the molecule is Cc1nn(C)c(C(=O)Nc2ccn(Cc3cccc(F)c3)n2)c1[N+](=O)[O-]. The summed E-state index contributed by atoms with van der Waals surface area (Å²) in [7, 11) is 1.46. The zero-order valence-corrected chi connectivity index (χ0v) is 14.0. The first kappa shape index (κ1) is 17.3. The molecule has 3 aromatic rings. The molecule has 0 aliphatic rings. The van der Waals surface area contributed by atoms with Gasteiger partial charge in [-0.25, -0.2) is 4.39 Å². The second-order valence-corrected chi connectivity index (χ2v) is 5.65. The molecular weight excluding hydrogens is 343 g/mol. The van der Waals surface area contributed by atoms with Crippen LogP contribution in [0.15, 0.2) is 36.5 Å². The molecule has 2 aromatic heterocycles. The summed E-state index contributed by atoms with van der Waals surface area (Å²) in [4.78, 5) is 22.9. The molecule has 0 spiro atoms. The van der Waals surface area contributed by atoms with Gasteiger partial charge in [0.2, 0.25) is 5.69 Å². The number of nitrogens with one attached hydrogen (secondary N) is 1. The maximum Gasteiger partial charge on any atom is 0.322 e. The predicted octanol–water partition coefficient (Wildman–Crippen LogP) is 2.27. The molecule has 0 bridgehead atoms. The van der Waals surface area contributed by atoms with Crippen LogP contribution in [0.2, 0.25) is 0 Å². The molecule has 0 unspecified atom stereocenters. The summed E-state index contributed by atoms with van der Waals surface area (Å²) in [5, 5.41) is 21.8. The molecule has 0 radical (unpaired) electrons. The maximum atomic E-state index is 13.2. The minimum atomic E-state index is -0.684. The van der Waals surface area contributed by atoms with E-state index in [1.807, 2.05) is 0 Å². The van der Waals surface area contributed by atoms with E-state index >= 15 is 0 Å². The van der Waals surface area contributed by atoms with Gasteiger partial charge in [-0.1, -0.05) is 12.1 Å². The predicted molar refractivity (Wildman–Crippen MR) is 90.3 cm³/mol. The van der Waals surface area contributed by atoms with E-state index in [-0.39, 0.29) is 28.7 Å². The van der Waals surface area contributed by atoms with Gasteiger partial charge in [0.15, 0.2) is 5.82 Å². The van der Waals surface area contributed by atoms with Crippen LogP contribution in [-0.2, 0) is 13.6 Å². The number of carbonyl (C=O) groups is 1. The fourth-order valence-electron chi connectivity index (χ4n) is 2.63. The standard InChI is InChI=1S/C16H15FN6O3/c1-10-14(23(25)26)15(21(2)19-10)16(24)18-13-6-7-22(20-13)9-11-4-3-5-12(17)8-11/h3-8H,9H2,1-2H3,(H,18,20,24). The number of benzene rings is 1. The lowest BCUT2D eigenvalue weighted by molar-refractivity contribution is -0.385. The van der Waals surface area contributed by atoms with Gasteiger partial charge in [0.25, 0.3) is 5.91 Å². The van der Waals surface area contributed by atoms with Crippen molar-refractivity contribution in [2.24, 2.45) is 7.05 Å². The highest BCUT2D eigenvalue weighted by atomic mass is 19.1. The third kappa shape index (κ3) is 3.43. The molecule has 0 saturated heterocycles. The Morgan fingerprint density at radius 1 is 1.35 bits per heavy atom. The number of anilines is 1. The highest BCUT2D eigenvalue weighted by Crippen LogP contribution is 2.23. The number of rotatable bonds is 5. The monoisotopic (exact) mass is 358 g/mol. The Morgan fingerprint density at radius 2 is 2.12 bits per heavy atom. The highest BCUT2D eigenvalue weighted by Gasteiger charge is 2.29. The molecule has 134 valence electrons. The largest absolute Gasteiger partial charge is 0.322 e. The van der Waals surface area contributed by atoms with Crippen molar-refractivity contribution < 1.29 is 14.1 Å². The van der Waals surface area contributed by atoms with Gasteiger partial charge in [-0.05, 0) is 24.6 Å². The molecule has 1 aromatic carbocycles. The second kappa shape index (κ2) is 6.75. The average molecular weight is 358 g/mol. The van der Waals surface area contributed by atoms with E-state index in [4.69, 9.17) is 0 Å². The molecule has 3 rings (SSSR count). The summed E-state index contributed by atoms with van der Waals surface area (Å²) < 4.78 is 15.9. The van der Waals surface area contributed by atoms with Gasteiger partial charge >= 0.3 is 5.69 Å². The van der Waals surface area contributed by atoms with Crippen molar-refractivity contribution in [3.63, 3.8) is 0 Å². The first-order valence-corrected chi connectivity index (χ1v) is 7.62. The second-order valence-electron chi connectivity index (χ2n) is 5.65. The molecule has 0 saturated carbocycles. The Labute approximate surface area is 147 Å². The van der Waals surface area contributed by atoms with Crippen molar-refractivity contribution in [3.05, 3.63) is 69.4 Å². The lowest BCUT2D eigenvalue weighted by Gasteiger charge is -2.03. The number of nitro groups is 1. The van der Waals surface area contributed by atoms with Crippen LogP contribution >= 0.6 is 0 Å². The van der Waals surface area contributed by atoms with Crippen molar-refractivity contribution in [1.29, 1.82) is 0 Å². The normalized spacial score (nSPS) is 10.7. The number of aromatic nitrogens is 4. The van der Waals surface area contributed by atoms with Crippen molar-refractivity contribution in [2.75, 3.05) is 5.32 Å². The van der Waals surface area contributed by atoms with Crippen LogP contribution < -0.4 is 5.32 Å². The summed E-state index contributed by atoms with van der Waals surface area (Å²) in [5.41, 5.74) is 0.361. The molecule has 0 atom stereocenters. The van der Waals surface area contributed by atoms with Crippen LogP contribution in [-0.4, -0.2) is 30.4 Å². The molecule has 2 heterocycles. The number of hydrogen-bond acceptors (Lipinski definition) is 5. The van der Waals surface area contributed by atoms with E-state index in [0.717, 1.165) is 4.68 Å². The summed E-state index contributed by atoms with van der Waals surface area (Å²) in [6.07, 6.45) is 1.61. The zero-order chi connectivity index (χ0) is 18.8. The van der Waals surface area contributed by atoms with E-state index in [0.29, 0.717) is 12.1 Å². The molecular formula is C16H15FN6O3. The van der Waals surface area contributed by atoms with Gasteiger partial charge in [0.1, 0.15) is 11.5 Å². The fourth-order valence-corrected chi connectivity index (χ4v) is 2.63. The molecule has 0 aliphatic carbocycles. The number of carbonyl (C=O) groups excluding carboxylic acids is 1. The smallest absolute Gasteiger partial charge is 0.304 e. The third-order valence-electron chi connectivity index (χ3n) is 3.70. The molecule has 0 fully saturated rings. The van der Waals surface area contributed by atoms with Crippen LogP contribution in [0.3, 0.4) is 0 Å². The Hall–Kier alpha value is -3.56. The molecule has 1 N–H and O–H groups in total. The highest BCUT2D eigenvalue weighted by molar-refractivity contribution is 6.05. The minimum Gasteiger partial charge on any atom is -0.304 e. The van der Waals surface area contributed by atoms with Gasteiger partial charge in [-0.2, -0.15) is 10.2 Å². The van der Waals surface area contributed by atoms with Crippen LogP contribution in [0.5, 0.6) is 0 Å². The molecule has 26 heavy (non-hydrogen) atoms.